The first kappa shape index (κ1) is 27.2. The van der Waals surface area contributed by atoms with Crippen LogP contribution in [0.15, 0.2) is 34.8 Å². The first-order valence-electron chi connectivity index (χ1n) is 11.4. The van der Waals surface area contributed by atoms with Crippen LogP contribution >= 0.6 is 11.3 Å². The second kappa shape index (κ2) is 11.9. The second-order valence-electron chi connectivity index (χ2n) is 9.58. The number of ketones is 1. The number of Topliss-reactive ketones (excluding diaryl/α,β-unsaturated/α-hetero) is 1. The van der Waals surface area contributed by atoms with Gasteiger partial charge in [-0.05, 0) is 46.3 Å². The maximum Gasteiger partial charge on any atom is 0.331 e. The minimum Gasteiger partial charge on any atom is -0.454 e. The summed E-state index contributed by atoms with van der Waals surface area (Å²) in [5.74, 6) is -1.45. The fraction of sp³-hybridized carbons (Fsp3) is 0.577. The van der Waals surface area contributed by atoms with E-state index in [1.165, 1.54) is 6.08 Å². The van der Waals surface area contributed by atoms with Gasteiger partial charge in [0.2, 0.25) is 0 Å². The number of esters is 1. The van der Waals surface area contributed by atoms with Crippen LogP contribution in [0.5, 0.6) is 0 Å². The Hall–Kier alpha value is -2.09. The van der Waals surface area contributed by atoms with E-state index in [1.54, 1.807) is 38.2 Å². The monoisotopic (exact) mass is 475 g/mol. The Bertz CT molecular complexity index is 927. The molecule has 0 aromatic carbocycles. The van der Waals surface area contributed by atoms with Gasteiger partial charge in [-0.2, -0.15) is 0 Å². The van der Waals surface area contributed by atoms with Crippen molar-refractivity contribution in [2.45, 2.75) is 67.1 Å². The number of hydrogen-bond acceptors (Lipinski definition) is 7. The smallest absolute Gasteiger partial charge is 0.331 e. The molecule has 0 amide bonds. The molecule has 1 N–H and O–H groups in total. The van der Waals surface area contributed by atoms with Gasteiger partial charge in [0.15, 0.2) is 0 Å². The Morgan fingerprint density at radius 3 is 2.61 bits per heavy atom. The van der Waals surface area contributed by atoms with E-state index in [2.05, 4.69) is 4.98 Å². The lowest BCUT2D eigenvalue weighted by molar-refractivity contribution is -0.141. The minimum atomic E-state index is -0.925. The van der Waals surface area contributed by atoms with Crippen molar-refractivity contribution in [3.63, 3.8) is 0 Å². The highest BCUT2D eigenvalue weighted by Crippen LogP contribution is 2.28. The third kappa shape index (κ3) is 8.02. The van der Waals surface area contributed by atoms with E-state index in [4.69, 9.17) is 9.47 Å². The molecule has 4 atom stereocenters. The van der Waals surface area contributed by atoms with E-state index in [1.807, 2.05) is 45.2 Å². The minimum absolute atomic E-state index is 0.138. The zero-order valence-corrected chi connectivity index (χ0v) is 21.6. The maximum atomic E-state index is 13.0. The number of hydrogen-bond donors (Lipinski definition) is 1. The molecule has 1 aliphatic rings. The first-order chi connectivity index (χ1) is 15.4. The molecular formula is C26H37NO5S. The lowest BCUT2D eigenvalue weighted by Crippen LogP contribution is -2.39. The summed E-state index contributed by atoms with van der Waals surface area (Å²) >= 11 is 1.57. The van der Waals surface area contributed by atoms with E-state index >= 15 is 0 Å². The number of aliphatic hydroxyl groups excluding tert-OH is 1. The number of nitrogens with zero attached hydrogens (tertiary/aromatic N) is 1. The molecule has 0 radical (unpaired) electrons. The summed E-state index contributed by atoms with van der Waals surface area (Å²) < 4.78 is 11.6. The van der Waals surface area contributed by atoms with Gasteiger partial charge in [-0.15, -0.1) is 11.3 Å². The van der Waals surface area contributed by atoms with Crippen LogP contribution in [0.1, 0.15) is 58.7 Å². The van der Waals surface area contributed by atoms with Crippen molar-refractivity contribution in [2.24, 2.45) is 17.3 Å². The van der Waals surface area contributed by atoms with Gasteiger partial charge < -0.3 is 14.6 Å². The molecule has 1 aromatic heterocycles. The summed E-state index contributed by atoms with van der Waals surface area (Å²) in [6.45, 7) is 13.7. The van der Waals surface area contributed by atoms with Crippen LogP contribution in [0.4, 0.5) is 0 Å². The zero-order chi connectivity index (χ0) is 24.8. The SMILES string of the molecule is C/C1=C\C[C@@H](/C(C)=C/c2csc(C)n2)OC(=O)/C=C/C(C)(C)C(=O)[C@H](C)[C@@H](O)[C@@H](C)COC1. The number of rotatable bonds is 2. The lowest BCUT2D eigenvalue weighted by Gasteiger charge is -2.29. The van der Waals surface area contributed by atoms with Crippen molar-refractivity contribution in [3.05, 3.63) is 45.5 Å². The van der Waals surface area contributed by atoms with Crippen LogP contribution in [0.3, 0.4) is 0 Å². The number of aliphatic hydroxyl groups is 1. The number of carbonyl (C=O) groups is 2. The van der Waals surface area contributed by atoms with Gasteiger partial charge in [0.05, 0.1) is 30.0 Å². The average Bonchev–Trinajstić information content (AvgIpc) is 3.17. The summed E-state index contributed by atoms with van der Waals surface area (Å²) in [5.41, 5.74) is 1.80. The predicted molar refractivity (Wildman–Crippen MR) is 132 cm³/mol. The standard InChI is InChI=1S/C26H37NO5S/c1-16-8-9-22(17(2)12-21-15-33-20(5)27-21)32-23(28)10-11-26(6,7)25(30)19(4)24(29)18(3)14-31-13-16/h8,10-12,15,18-19,22,24,29H,9,13-14H2,1-7H3/b11-10+,16-8+,17-12+/t18-,19+,22-,24-/m0/s1. The van der Waals surface area contributed by atoms with Gasteiger partial charge in [-0.3, -0.25) is 4.79 Å². The molecule has 33 heavy (non-hydrogen) atoms. The Balaban J connectivity index is 2.33. The van der Waals surface area contributed by atoms with Gasteiger partial charge in [-0.25, -0.2) is 9.78 Å². The summed E-state index contributed by atoms with van der Waals surface area (Å²) in [5, 5.41) is 13.6. The van der Waals surface area contributed by atoms with Gasteiger partial charge in [0.1, 0.15) is 11.9 Å². The molecule has 1 aromatic rings. The molecule has 0 spiro atoms. The van der Waals surface area contributed by atoms with Crippen molar-refractivity contribution in [1.82, 2.24) is 4.98 Å². The third-order valence-electron chi connectivity index (χ3n) is 5.95. The highest BCUT2D eigenvalue weighted by Gasteiger charge is 2.35. The summed E-state index contributed by atoms with van der Waals surface area (Å²) in [4.78, 5) is 30.2. The number of allylic oxidation sites excluding steroid dienone is 1. The number of cyclic esters (lactones) is 1. The Morgan fingerprint density at radius 1 is 1.27 bits per heavy atom. The molecule has 0 saturated heterocycles. The molecule has 6 nitrogen and oxygen atoms in total. The molecule has 2 heterocycles. The van der Waals surface area contributed by atoms with Gasteiger partial charge >= 0.3 is 5.97 Å². The molecule has 2 rings (SSSR count). The molecule has 7 heteroatoms. The van der Waals surface area contributed by atoms with Crippen molar-refractivity contribution in [2.75, 3.05) is 13.2 Å². The van der Waals surface area contributed by atoms with Crippen LogP contribution in [0.25, 0.3) is 6.08 Å². The van der Waals surface area contributed by atoms with Crippen LogP contribution in [0.2, 0.25) is 0 Å². The van der Waals surface area contributed by atoms with Crippen molar-refractivity contribution in [1.29, 1.82) is 0 Å². The Morgan fingerprint density at radius 2 is 1.97 bits per heavy atom. The normalized spacial score (nSPS) is 30.9. The molecular weight excluding hydrogens is 438 g/mol. The predicted octanol–water partition coefficient (Wildman–Crippen LogP) is 4.92. The van der Waals surface area contributed by atoms with E-state index in [0.717, 1.165) is 21.8 Å². The largest absolute Gasteiger partial charge is 0.454 e. The lowest BCUT2D eigenvalue weighted by atomic mass is 9.77. The summed E-state index contributed by atoms with van der Waals surface area (Å²) in [7, 11) is 0. The van der Waals surface area contributed by atoms with Crippen LogP contribution in [0, 0.1) is 24.2 Å². The second-order valence-corrected chi connectivity index (χ2v) is 10.6. The Labute approximate surface area is 201 Å². The van der Waals surface area contributed by atoms with E-state index in [0.29, 0.717) is 19.6 Å². The summed E-state index contributed by atoms with van der Waals surface area (Å²) in [6, 6.07) is 0. The molecule has 0 bridgehead atoms. The fourth-order valence-corrected chi connectivity index (χ4v) is 4.31. The first-order valence-corrected chi connectivity index (χ1v) is 12.2. The van der Waals surface area contributed by atoms with E-state index in [9.17, 15) is 14.7 Å². The van der Waals surface area contributed by atoms with E-state index in [-0.39, 0.29) is 11.7 Å². The van der Waals surface area contributed by atoms with Crippen LogP contribution in [-0.4, -0.2) is 47.3 Å². The topological polar surface area (TPSA) is 85.7 Å². The maximum absolute atomic E-state index is 13.0. The van der Waals surface area contributed by atoms with Crippen LogP contribution < -0.4 is 0 Å². The Kier molecular flexibility index (Phi) is 9.76. The van der Waals surface area contributed by atoms with Crippen molar-refractivity contribution in [3.8, 4) is 0 Å². The van der Waals surface area contributed by atoms with E-state index < -0.39 is 29.5 Å². The number of carbonyl (C=O) groups excluding carboxylic acids is 2. The molecule has 182 valence electrons. The summed E-state index contributed by atoms with van der Waals surface area (Å²) in [6.07, 6.45) is 6.02. The fourth-order valence-electron chi connectivity index (χ4n) is 3.74. The molecule has 0 fully saturated rings. The quantitative estimate of drug-likeness (QED) is 0.483. The van der Waals surface area contributed by atoms with Crippen LogP contribution in [-0.2, 0) is 19.1 Å². The van der Waals surface area contributed by atoms with Gasteiger partial charge in [0.25, 0.3) is 0 Å². The zero-order valence-electron chi connectivity index (χ0n) is 20.8. The van der Waals surface area contributed by atoms with Crippen molar-refractivity contribution >= 4 is 29.2 Å². The van der Waals surface area contributed by atoms with Crippen molar-refractivity contribution < 1.29 is 24.2 Å². The number of aryl methyl sites for hydroxylation is 1. The molecule has 0 unspecified atom stereocenters. The third-order valence-corrected chi connectivity index (χ3v) is 6.74. The molecule has 0 aliphatic carbocycles. The van der Waals surface area contributed by atoms with Gasteiger partial charge in [0, 0.05) is 35.1 Å². The average molecular weight is 476 g/mol. The number of aromatic nitrogens is 1. The van der Waals surface area contributed by atoms with Gasteiger partial charge in [-0.1, -0.05) is 31.6 Å². The highest BCUT2D eigenvalue weighted by molar-refractivity contribution is 7.09. The molecule has 0 saturated carbocycles. The number of thiazole rings is 1. The number of ether oxygens (including phenoxy) is 2. The molecule has 1 aliphatic heterocycles. The highest BCUT2D eigenvalue weighted by atomic mass is 32.1.